The van der Waals surface area contributed by atoms with Gasteiger partial charge in [-0.25, -0.2) is 4.98 Å². The molecule has 1 unspecified atom stereocenters. The van der Waals surface area contributed by atoms with Crippen LogP contribution in [-0.4, -0.2) is 61.2 Å². The third-order valence-electron chi connectivity index (χ3n) is 4.64. The highest BCUT2D eigenvalue weighted by Gasteiger charge is 2.28. The molecule has 1 aliphatic heterocycles. The summed E-state index contributed by atoms with van der Waals surface area (Å²) >= 11 is 0. The summed E-state index contributed by atoms with van der Waals surface area (Å²) in [6.45, 7) is 6.45. The molecule has 0 spiro atoms. The molecule has 5 nitrogen and oxygen atoms in total. The minimum atomic E-state index is 0.270. The number of aromatic nitrogens is 1. The fourth-order valence-corrected chi connectivity index (χ4v) is 3.13. The van der Waals surface area contributed by atoms with Gasteiger partial charge in [0, 0.05) is 57.6 Å². The first-order valence-electron chi connectivity index (χ1n) is 7.96. The Morgan fingerprint density at radius 1 is 1.29 bits per heavy atom. The maximum absolute atomic E-state index is 6.02. The highest BCUT2D eigenvalue weighted by molar-refractivity contribution is 5.21. The van der Waals surface area contributed by atoms with Gasteiger partial charge in [0.25, 0.3) is 0 Å². The maximum Gasteiger partial charge on any atom is 0.212 e. The molecule has 3 rings (SSSR count). The van der Waals surface area contributed by atoms with Crippen molar-refractivity contribution in [3.8, 4) is 5.88 Å². The molecule has 0 bridgehead atoms. The lowest BCUT2D eigenvalue weighted by molar-refractivity contribution is 0.0954. The summed E-state index contributed by atoms with van der Waals surface area (Å²) in [5, 5.41) is 0. The van der Waals surface area contributed by atoms with Crippen LogP contribution in [0.2, 0.25) is 0 Å². The van der Waals surface area contributed by atoms with Crippen molar-refractivity contribution >= 4 is 0 Å². The Morgan fingerprint density at radius 2 is 2.05 bits per heavy atom. The second-order valence-electron chi connectivity index (χ2n) is 6.17. The van der Waals surface area contributed by atoms with Crippen molar-refractivity contribution < 1.29 is 4.74 Å². The molecule has 0 aromatic carbocycles. The predicted molar refractivity (Wildman–Crippen MR) is 83.3 cm³/mol. The first-order chi connectivity index (χ1) is 10.3. The fraction of sp³-hybridized carbons (Fsp3) is 0.688. The third-order valence-corrected chi connectivity index (χ3v) is 4.64. The molecule has 2 aliphatic rings. The Hall–Kier alpha value is -1.17. The van der Waals surface area contributed by atoms with Gasteiger partial charge < -0.3 is 15.4 Å². The van der Waals surface area contributed by atoms with Gasteiger partial charge in [-0.15, -0.1) is 0 Å². The molecule has 0 radical (unpaired) electrons. The highest BCUT2D eigenvalue weighted by atomic mass is 16.5. The van der Waals surface area contributed by atoms with Crippen molar-refractivity contribution in [2.75, 3.05) is 46.4 Å². The zero-order chi connectivity index (χ0) is 14.7. The first kappa shape index (κ1) is 14.8. The van der Waals surface area contributed by atoms with Gasteiger partial charge >= 0.3 is 0 Å². The van der Waals surface area contributed by atoms with Crippen LogP contribution in [0.3, 0.4) is 0 Å². The number of nitrogens with two attached hydrogens (primary N) is 1. The summed E-state index contributed by atoms with van der Waals surface area (Å²) in [6, 6.07) is 4.27. The molecule has 21 heavy (non-hydrogen) atoms. The van der Waals surface area contributed by atoms with Crippen LogP contribution in [0.15, 0.2) is 18.3 Å². The van der Waals surface area contributed by atoms with Gasteiger partial charge in [0.2, 0.25) is 5.88 Å². The second-order valence-corrected chi connectivity index (χ2v) is 6.17. The van der Waals surface area contributed by atoms with E-state index in [0.717, 1.165) is 32.1 Å². The van der Waals surface area contributed by atoms with Crippen molar-refractivity contribution in [2.45, 2.75) is 18.9 Å². The van der Waals surface area contributed by atoms with Gasteiger partial charge in [-0.2, -0.15) is 0 Å². The quantitative estimate of drug-likeness (QED) is 0.851. The maximum atomic E-state index is 6.02. The molecule has 5 heteroatoms. The van der Waals surface area contributed by atoms with Gasteiger partial charge in [0.1, 0.15) is 0 Å². The van der Waals surface area contributed by atoms with E-state index in [1.807, 2.05) is 12.3 Å². The van der Waals surface area contributed by atoms with Crippen LogP contribution in [0.4, 0.5) is 0 Å². The van der Waals surface area contributed by atoms with Gasteiger partial charge in [-0.3, -0.25) is 4.90 Å². The summed E-state index contributed by atoms with van der Waals surface area (Å²) < 4.78 is 5.12. The molecule has 2 heterocycles. The molecular weight excluding hydrogens is 264 g/mol. The van der Waals surface area contributed by atoms with E-state index in [2.05, 4.69) is 20.9 Å². The molecule has 116 valence electrons. The van der Waals surface area contributed by atoms with Crippen molar-refractivity contribution in [2.24, 2.45) is 11.7 Å². The van der Waals surface area contributed by atoms with Crippen molar-refractivity contribution in [1.29, 1.82) is 0 Å². The minimum absolute atomic E-state index is 0.270. The van der Waals surface area contributed by atoms with E-state index >= 15 is 0 Å². The van der Waals surface area contributed by atoms with E-state index in [-0.39, 0.29) is 6.04 Å². The number of pyridine rings is 1. The van der Waals surface area contributed by atoms with Crippen LogP contribution < -0.4 is 10.5 Å². The number of methoxy groups -OCH3 is 1. The van der Waals surface area contributed by atoms with Crippen molar-refractivity contribution in [1.82, 2.24) is 14.8 Å². The van der Waals surface area contributed by atoms with E-state index in [1.165, 1.54) is 24.9 Å². The SMILES string of the molecule is COc1ccc(C(CN)N2CCN(CC3CC3)CC2)cn1. The Balaban J connectivity index is 1.57. The minimum Gasteiger partial charge on any atom is -0.481 e. The monoisotopic (exact) mass is 290 g/mol. The lowest BCUT2D eigenvalue weighted by atomic mass is 10.1. The number of hydrogen-bond donors (Lipinski definition) is 1. The summed E-state index contributed by atoms with van der Waals surface area (Å²) in [6.07, 6.45) is 4.76. The molecule has 1 aliphatic carbocycles. The summed E-state index contributed by atoms with van der Waals surface area (Å²) in [5.41, 5.74) is 7.21. The van der Waals surface area contributed by atoms with E-state index in [1.54, 1.807) is 7.11 Å². The lowest BCUT2D eigenvalue weighted by Crippen LogP contribution is -2.49. The molecule has 1 aromatic heterocycles. The van der Waals surface area contributed by atoms with E-state index < -0.39 is 0 Å². The van der Waals surface area contributed by atoms with Gasteiger partial charge in [0.15, 0.2) is 0 Å². The predicted octanol–water partition coefficient (Wildman–Crippen LogP) is 1.12. The Bertz CT molecular complexity index is 438. The molecule has 2 fully saturated rings. The Kier molecular flexibility index (Phi) is 4.73. The molecular formula is C16H26N4O. The topological polar surface area (TPSA) is 54.6 Å². The van der Waals surface area contributed by atoms with Crippen LogP contribution in [0.5, 0.6) is 5.88 Å². The fourth-order valence-electron chi connectivity index (χ4n) is 3.13. The van der Waals surface area contributed by atoms with Crippen LogP contribution in [0, 0.1) is 5.92 Å². The third kappa shape index (κ3) is 3.73. The molecule has 1 atom stereocenters. The summed E-state index contributed by atoms with van der Waals surface area (Å²) in [5.74, 6) is 1.64. The van der Waals surface area contributed by atoms with Crippen LogP contribution in [0.25, 0.3) is 0 Å². The Labute approximate surface area is 127 Å². The van der Waals surface area contributed by atoms with E-state index in [0.29, 0.717) is 12.4 Å². The number of nitrogens with zero attached hydrogens (tertiary/aromatic N) is 3. The zero-order valence-corrected chi connectivity index (χ0v) is 12.9. The number of piperazine rings is 1. The van der Waals surface area contributed by atoms with Crippen LogP contribution in [-0.2, 0) is 0 Å². The van der Waals surface area contributed by atoms with Crippen molar-refractivity contribution in [3.63, 3.8) is 0 Å². The van der Waals surface area contributed by atoms with Crippen LogP contribution in [0.1, 0.15) is 24.4 Å². The standard InChI is InChI=1S/C16H26N4O/c1-21-16-5-4-14(11-18-16)15(10-17)20-8-6-19(7-9-20)12-13-2-3-13/h4-5,11,13,15H,2-3,6-10,12,17H2,1H3. The zero-order valence-electron chi connectivity index (χ0n) is 12.9. The van der Waals surface area contributed by atoms with Gasteiger partial charge in [-0.1, -0.05) is 6.07 Å². The van der Waals surface area contributed by atoms with E-state index in [4.69, 9.17) is 10.5 Å². The average Bonchev–Trinajstić information content (AvgIpc) is 3.34. The average molecular weight is 290 g/mol. The first-order valence-corrected chi connectivity index (χ1v) is 7.96. The molecule has 1 aromatic rings. The van der Waals surface area contributed by atoms with Crippen molar-refractivity contribution in [3.05, 3.63) is 23.9 Å². The second kappa shape index (κ2) is 6.73. The number of rotatable bonds is 6. The largest absolute Gasteiger partial charge is 0.481 e. The molecule has 1 saturated heterocycles. The molecule has 0 amide bonds. The molecule has 2 N–H and O–H groups in total. The normalized spacial score (nSPS) is 22.2. The lowest BCUT2D eigenvalue weighted by Gasteiger charge is -2.39. The molecule has 1 saturated carbocycles. The number of hydrogen-bond acceptors (Lipinski definition) is 5. The summed E-state index contributed by atoms with van der Waals surface area (Å²) in [7, 11) is 1.64. The summed E-state index contributed by atoms with van der Waals surface area (Å²) in [4.78, 5) is 9.41. The Morgan fingerprint density at radius 3 is 2.57 bits per heavy atom. The van der Waals surface area contributed by atoms with Gasteiger partial charge in [-0.05, 0) is 24.3 Å². The van der Waals surface area contributed by atoms with E-state index in [9.17, 15) is 0 Å². The number of ether oxygens (including phenoxy) is 1. The smallest absolute Gasteiger partial charge is 0.212 e. The van der Waals surface area contributed by atoms with Gasteiger partial charge in [0.05, 0.1) is 7.11 Å². The van der Waals surface area contributed by atoms with Crippen LogP contribution >= 0.6 is 0 Å². The highest BCUT2D eigenvalue weighted by Crippen LogP contribution is 2.30.